The molecule has 1 unspecified atom stereocenters. The van der Waals surface area contributed by atoms with E-state index in [0.717, 1.165) is 6.07 Å². The van der Waals surface area contributed by atoms with Crippen LogP contribution in [0.3, 0.4) is 0 Å². The smallest absolute Gasteiger partial charge is 0.190 e. The van der Waals surface area contributed by atoms with Crippen molar-refractivity contribution in [1.29, 1.82) is 0 Å². The average molecular weight is 455 g/mol. The Morgan fingerprint density at radius 2 is 1.83 bits per heavy atom. The van der Waals surface area contributed by atoms with Gasteiger partial charge in [0, 0.05) is 18.3 Å². The molecule has 6 nitrogen and oxygen atoms in total. The molecule has 0 radical (unpaired) electrons. The summed E-state index contributed by atoms with van der Waals surface area (Å²) in [6.45, 7) is 0. The lowest BCUT2D eigenvalue weighted by atomic mass is 10.1. The Morgan fingerprint density at radius 1 is 1.07 bits per heavy atom. The second kappa shape index (κ2) is 8.93. The van der Waals surface area contributed by atoms with Crippen LogP contribution < -0.4 is 9.47 Å². The molecule has 1 aromatic heterocycles. The second-order valence-electron chi connectivity index (χ2n) is 6.25. The Kier molecular flexibility index (Phi) is 6.52. The molecule has 3 rings (SSSR count). The van der Waals surface area contributed by atoms with Gasteiger partial charge in [0.15, 0.2) is 9.84 Å². The molecule has 0 aliphatic rings. The Bertz CT molecular complexity index is 1160. The summed E-state index contributed by atoms with van der Waals surface area (Å²) in [5.74, 6) is -1.38. The number of methoxy groups -OCH3 is 2. The van der Waals surface area contributed by atoms with Gasteiger partial charge in [0.1, 0.15) is 39.6 Å². The highest BCUT2D eigenvalue weighted by molar-refractivity contribution is 7.91. The number of benzene rings is 2. The SMILES string of the molecule is COc1ccc(CC(c2ccncn2)S(=O)(=O)c2cc(Cl)c(F)cc2F)c(OC)c1. The molecule has 0 bridgehead atoms. The molecule has 30 heavy (non-hydrogen) atoms. The van der Waals surface area contributed by atoms with Gasteiger partial charge < -0.3 is 9.47 Å². The number of hydrogen-bond acceptors (Lipinski definition) is 6. The van der Waals surface area contributed by atoms with Crippen molar-refractivity contribution in [3.8, 4) is 11.5 Å². The van der Waals surface area contributed by atoms with Crippen LogP contribution in [0.2, 0.25) is 5.02 Å². The first-order valence-corrected chi connectivity index (χ1v) is 10.6. The molecule has 0 aliphatic carbocycles. The summed E-state index contributed by atoms with van der Waals surface area (Å²) in [7, 11) is -1.44. The molecule has 1 atom stereocenters. The van der Waals surface area contributed by atoms with Crippen LogP contribution in [0.25, 0.3) is 0 Å². The van der Waals surface area contributed by atoms with Crippen LogP contribution >= 0.6 is 11.6 Å². The molecule has 10 heteroatoms. The van der Waals surface area contributed by atoms with Crippen molar-refractivity contribution in [2.45, 2.75) is 16.6 Å². The van der Waals surface area contributed by atoms with Crippen LogP contribution in [0, 0.1) is 11.6 Å². The molecule has 0 saturated heterocycles. The zero-order valence-electron chi connectivity index (χ0n) is 16.0. The van der Waals surface area contributed by atoms with Gasteiger partial charge in [-0.3, -0.25) is 0 Å². The number of aromatic nitrogens is 2. The van der Waals surface area contributed by atoms with Gasteiger partial charge >= 0.3 is 0 Å². The van der Waals surface area contributed by atoms with Crippen LogP contribution in [-0.2, 0) is 16.3 Å². The molecule has 0 aliphatic heterocycles. The van der Waals surface area contributed by atoms with Crippen molar-refractivity contribution in [3.05, 3.63) is 76.8 Å². The monoisotopic (exact) mass is 454 g/mol. The summed E-state index contributed by atoms with van der Waals surface area (Å²) in [6, 6.07) is 7.53. The van der Waals surface area contributed by atoms with E-state index in [1.54, 1.807) is 18.2 Å². The maximum atomic E-state index is 14.4. The number of sulfone groups is 1. The van der Waals surface area contributed by atoms with Crippen LogP contribution in [-0.4, -0.2) is 32.6 Å². The standard InChI is InChI=1S/C20H17ClF2N2O4S/c1-28-13-4-3-12(18(8-13)29-2)7-20(17-5-6-24-11-25-17)30(26,27)19-9-14(21)15(22)10-16(19)23/h3-6,8-11,20H,7H2,1-2H3. The summed E-state index contributed by atoms with van der Waals surface area (Å²) in [6.07, 6.45) is 2.47. The van der Waals surface area contributed by atoms with Crippen LogP contribution in [0.5, 0.6) is 11.5 Å². The van der Waals surface area contributed by atoms with Crippen LogP contribution in [0.1, 0.15) is 16.5 Å². The summed E-state index contributed by atoms with van der Waals surface area (Å²) >= 11 is 5.72. The quantitative estimate of drug-likeness (QED) is 0.393. The van der Waals surface area contributed by atoms with Gasteiger partial charge in [-0.15, -0.1) is 0 Å². The first-order valence-electron chi connectivity index (χ1n) is 8.63. The van der Waals surface area contributed by atoms with Gasteiger partial charge in [0.25, 0.3) is 0 Å². The summed E-state index contributed by atoms with van der Waals surface area (Å²) < 4.78 is 65.3. The number of nitrogens with zero attached hydrogens (tertiary/aromatic N) is 2. The van der Waals surface area contributed by atoms with E-state index in [9.17, 15) is 17.2 Å². The Hall–Kier alpha value is -2.78. The molecular formula is C20H17ClF2N2O4S. The first kappa shape index (κ1) is 21.9. The van der Waals surface area contributed by atoms with E-state index in [1.807, 2.05) is 0 Å². The fourth-order valence-electron chi connectivity index (χ4n) is 2.96. The van der Waals surface area contributed by atoms with Gasteiger partial charge in [-0.05, 0) is 30.2 Å². The third kappa shape index (κ3) is 4.36. The Morgan fingerprint density at radius 3 is 2.47 bits per heavy atom. The van der Waals surface area contributed by atoms with E-state index in [0.29, 0.717) is 23.1 Å². The minimum absolute atomic E-state index is 0.0963. The van der Waals surface area contributed by atoms with Crippen molar-refractivity contribution >= 4 is 21.4 Å². The predicted molar refractivity (Wildman–Crippen MR) is 107 cm³/mol. The largest absolute Gasteiger partial charge is 0.497 e. The highest BCUT2D eigenvalue weighted by Crippen LogP contribution is 2.37. The van der Waals surface area contributed by atoms with E-state index >= 15 is 0 Å². The van der Waals surface area contributed by atoms with E-state index in [4.69, 9.17) is 21.1 Å². The third-order valence-electron chi connectivity index (χ3n) is 4.49. The van der Waals surface area contributed by atoms with E-state index in [-0.39, 0.29) is 12.1 Å². The maximum absolute atomic E-state index is 14.4. The molecule has 0 spiro atoms. The Labute approximate surface area is 177 Å². The van der Waals surface area contributed by atoms with E-state index in [1.165, 1.54) is 32.8 Å². The van der Waals surface area contributed by atoms with Crippen molar-refractivity contribution in [2.24, 2.45) is 0 Å². The number of hydrogen-bond donors (Lipinski definition) is 0. The number of halogens is 3. The van der Waals surface area contributed by atoms with Gasteiger partial charge in [0.2, 0.25) is 0 Å². The molecule has 158 valence electrons. The summed E-state index contributed by atoms with van der Waals surface area (Å²) in [5, 5.41) is -1.81. The molecule has 0 fully saturated rings. The van der Waals surface area contributed by atoms with Gasteiger partial charge in [0.05, 0.1) is 24.9 Å². The number of ether oxygens (including phenoxy) is 2. The highest BCUT2D eigenvalue weighted by Gasteiger charge is 2.34. The molecule has 1 heterocycles. The van der Waals surface area contributed by atoms with Crippen molar-refractivity contribution in [3.63, 3.8) is 0 Å². The Balaban J connectivity index is 2.14. The van der Waals surface area contributed by atoms with Gasteiger partial charge in [-0.25, -0.2) is 27.2 Å². The van der Waals surface area contributed by atoms with Crippen molar-refractivity contribution < 1.29 is 26.7 Å². The summed E-state index contributed by atoms with van der Waals surface area (Å²) in [4.78, 5) is 7.12. The van der Waals surface area contributed by atoms with Gasteiger partial charge in [-0.2, -0.15) is 0 Å². The topological polar surface area (TPSA) is 78.4 Å². The maximum Gasteiger partial charge on any atom is 0.190 e. The normalized spacial score (nSPS) is 12.4. The molecule has 0 N–H and O–H groups in total. The predicted octanol–water partition coefficient (Wildman–Crippen LogP) is 4.18. The zero-order valence-corrected chi connectivity index (χ0v) is 17.5. The second-order valence-corrected chi connectivity index (χ2v) is 8.75. The summed E-state index contributed by atoms with van der Waals surface area (Å²) in [5.41, 5.74) is 0.668. The van der Waals surface area contributed by atoms with Crippen LogP contribution in [0.15, 0.2) is 53.8 Å². The third-order valence-corrected chi connectivity index (χ3v) is 6.86. The number of rotatable bonds is 7. The van der Waals surface area contributed by atoms with E-state index < -0.39 is 36.6 Å². The average Bonchev–Trinajstić information content (AvgIpc) is 2.74. The first-order chi connectivity index (χ1) is 14.3. The van der Waals surface area contributed by atoms with Crippen molar-refractivity contribution in [1.82, 2.24) is 9.97 Å². The minimum atomic E-state index is -4.37. The van der Waals surface area contributed by atoms with Gasteiger partial charge in [-0.1, -0.05) is 17.7 Å². The zero-order chi connectivity index (χ0) is 21.9. The lowest BCUT2D eigenvalue weighted by molar-refractivity contribution is 0.390. The molecule has 0 saturated carbocycles. The van der Waals surface area contributed by atoms with E-state index in [2.05, 4.69) is 9.97 Å². The molecule has 3 aromatic rings. The van der Waals surface area contributed by atoms with Crippen LogP contribution in [0.4, 0.5) is 8.78 Å². The lowest BCUT2D eigenvalue weighted by Crippen LogP contribution is -2.19. The lowest BCUT2D eigenvalue weighted by Gasteiger charge is -2.19. The fraction of sp³-hybridized carbons (Fsp3) is 0.200. The minimum Gasteiger partial charge on any atom is -0.497 e. The fourth-order valence-corrected chi connectivity index (χ4v) is 4.96. The highest BCUT2D eigenvalue weighted by atomic mass is 35.5. The molecule has 2 aromatic carbocycles. The molecule has 0 amide bonds. The molecular weight excluding hydrogens is 438 g/mol. The van der Waals surface area contributed by atoms with Crippen molar-refractivity contribution in [2.75, 3.05) is 14.2 Å².